The Hall–Kier alpha value is -1.53. The van der Waals surface area contributed by atoms with E-state index < -0.39 is 17.7 Å². The highest BCUT2D eigenvalue weighted by molar-refractivity contribution is 5.78. The van der Waals surface area contributed by atoms with Gasteiger partial charge in [-0.2, -0.15) is 0 Å². The van der Waals surface area contributed by atoms with Crippen molar-refractivity contribution in [1.29, 1.82) is 0 Å². The van der Waals surface area contributed by atoms with Gasteiger partial charge in [-0.15, -0.1) is 0 Å². The van der Waals surface area contributed by atoms with Gasteiger partial charge in [-0.05, 0) is 38.6 Å². The minimum absolute atomic E-state index is 0.0482. The molecule has 0 aliphatic carbocycles. The first-order valence-corrected chi connectivity index (χ1v) is 6.40. The Morgan fingerprint density at radius 1 is 1.35 bits per heavy atom. The lowest BCUT2D eigenvalue weighted by molar-refractivity contribution is -0.122. The summed E-state index contributed by atoms with van der Waals surface area (Å²) >= 11 is 0. The van der Waals surface area contributed by atoms with Crippen molar-refractivity contribution in [3.05, 3.63) is 35.4 Å². The smallest absolute Gasteiger partial charge is 0.234 e. The number of carbonyl (C=O) groups is 1. The number of hydrogen-bond donors (Lipinski definition) is 2. The van der Waals surface area contributed by atoms with Crippen LogP contribution in [0.15, 0.2) is 18.2 Å². The first-order chi connectivity index (χ1) is 9.29. The minimum atomic E-state index is -0.998. The fourth-order valence-electron chi connectivity index (χ4n) is 1.80. The fraction of sp³-hybridized carbons (Fsp3) is 0.500. The molecule has 0 saturated heterocycles. The van der Waals surface area contributed by atoms with Gasteiger partial charge in [-0.1, -0.05) is 6.07 Å². The molecule has 20 heavy (non-hydrogen) atoms. The predicted octanol–water partition coefficient (Wildman–Crippen LogP) is 1.45. The standard InChI is InChI=1S/C14H20F2N2O2/c1-9(2)17-14(20)8-18(3)7-13(19)10-4-5-11(15)12(16)6-10/h4-6,9,13,19H,7-8H2,1-3H3,(H,17,20). The average Bonchev–Trinajstić information content (AvgIpc) is 2.30. The first-order valence-electron chi connectivity index (χ1n) is 6.40. The van der Waals surface area contributed by atoms with Crippen molar-refractivity contribution in [3.8, 4) is 0 Å². The van der Waals surface area contributed by atoms with Crippen molar-refractivity contribution in [3.63, 3.8) is 0 Å². The monoisotopic (exact) mass is 286 g/mol. The molecule has 1 aromatic carbocycles. The zero-order chi connectivity index (χ0) is 15.3. The summed E-state index contributed by atoms with van der Waals surface area (Å²) in [6.45, 7) is 3.98. The fourth-order valence-corrected chi connectivity index (χ4v) is 1.80. The van der Waals surface area contributed by atoms with Gasteiger partial charge in [0, 0.05) is 12.6 Å². The largest absolute Gasteiger partial charge is 0.387 e. The molecule has 0 saturated carbocycles. The van der Waals surface area contributed by atoms with Crippen LogP contribution in [0.3, 0.4) is 0 Å². The van der Waals surface area contributed by atoms with Crippen LogP contribution >= 0.6 is 0 Å². The molecule has 6 heteroatoms. The van der Waals surface area contributed by atoms with Crippen molar-refractivity contribution < 1.29 is 18.7 Å². The Labute approximate surface area is 117 Å². The molecule has 112 valence electrons. The molecule has 0 spiro atoms. The Morgan fingerprint density at radius 3 is 2.55 bits per heavy atom. The van der Waals surface area contributed by atoms with Crippen molar-refractivity contribution >= 4 is 5.91 Å². The molecule has 4 nitrogen and oxygen atoms in total. The Kier molecular flexibility index (Phi) is 6.04. The molecule has 1 atom stereocenters. The van der Waals surface area contributed by atoms with E-state index in [1.165, 1.54) is 6.07 Å². The Bertz CT molecular complexity index is 466. The number of nitrogens with zero attached hydrogens (tertiary/aromatic N) is 1. The van der Waals surface area contributed by atoms with Gasteiger partial charge < -0.3 is 10.4 Å². The summed E-state index contributed by atoms with van der Waals surface area (Å²) < 4.78 is 25.9. The van der Waals surface area contributed by atoms with Crippen molar-refractivity contribution in [2.24, 2.45) is 0 Å². The van der Waals surface area contributed by atoms with E-state index in [9.17, 15) is 18.7 Å². The van der Waals surface area contributed by atoms with Crippen molar-refractivity contribution in [2.75, 3.05) is 20.1 Å². The van der Waals surface area contributed by atoms with Gasteiger partial charge in [0.25, 0.3) is 0 Å². The van der Waals surface area contributed by atoms with E-state index in [1.54, 1.807) is 11.9 Å². The summed E-state index contributed by atoms with van der Waals surface area (Å²) in [6, 6.07) is 3.30. The molecule has 1 amide bonds. The highest BCUT2D eigenvalue weighted by Gasteiger charge is 2.15. The summed E-state index contributed by atoms with van der Waals surface area (Å²) in [7, 11) is 1.67. The number of nitrogens with one attached hydrogen (secondary N) is 1. The van der Waals surface area contributed by atoms with Crippen LogP contribution in [0.1, 0.15) is 25.5 Å². The maximum absolute atomic E-state index is 13.1. The zero-order valence-corrected chi connectivity index (χ0v) is 11.9. The van der Waals surface area contributed by atoms with E-state index in [1.807, 2.05) is 13.8 Å². The lowest BCUT2D eigenvalue weighted by Gasteiger charge is -2.21. The number of likely N-dealkylation sites (N-methyl/N-ethyl adjacent to an activating group) is 1. The second kappa shape index (κ2) is 7.31. The molecule has 2 N–H and O–H groups in total. The number of aliphatic hydroxyl groups is 1. The molecule has 0 heterocycles. The molecule has 0 aliphatic heterocycles. The maximum atomic E-state index is 13.1. The lowest BCUT2D eigenvalue weighted by atomic mass is 10.1. The molecular formula is C14H20F2N2O2. The number of aliphatic hydroxyl groups excluding tert-OH is 1. The highest BCUT2D eigenvalue weighted by atomic mass is 19.2. The van der Waals surface area contributed by atoms with E-state index in [0.29, 0.717) is 0 Å². The quantitative estimate of drug-likeness (QED) is 0.832. The van der Waals surface area contributed by atoms with Gasteiger partial charge in [0.05, 0.1) is 12.6 Å². The van der Waals surface area contributed by atoms with Crippen LogP contribution < -0.4 is 5.32 Å². The SMILES string of the molecule is CC(C)NC(=O)CN(C)CC(O)c1ccc(F)c(F)c1. The third-order valence-electron chi connectivity index (χ3n) is 2.68. The summed E-state index contributed by atoms with van der Waals surface area (Å²) in [4.78, 5) is 13.2. The number of amides is 1. The van der Waals surface area contributed by atoms with E-state index in [4.69, 9.17) is 0 Å². The van der Waals surface area contributed by atoms with Crippen molar-refractivity contribution in [2.45, 2.75) is 26.0 Å². The minimum Gasteiger partial charge on any atom is -0.387 e. The van der Waals surface area contributed by atoms with E-state index >= 15 is 0 Å². The normalized spacial score (nSPS) is 12.8. The second-order valence-electron chi connectivity index (χ2n) is 5.11. The maximum Gasteiger partial charge on any atom is 0.234 e. The van der Waals surface area contributed by atoms with Gasteiger partial charge in [0.2, 0.25) is 5.91 Å². The van der Waals surface area contributed by atoms with Gasteiger partial charge in [0.15, 0.2) is 11.6 Å². The summed E-state index contributed by atoms with van der Waals surface area (Å²) in [5, 5.41) is 12.7. The molecular weight excluding hydrogens is 266 g/mol. The molecule has 1 unspecified atom stereocenters. The molecule has 1 aromatic rings. The van der Waals surface area contributed by atoms with Gasteiger partial charge >= 0.3 is 0 Å². The molecule has 0 bridgehead atoms. The summed E-state index contributed by atoms with van der Waals surface area (Å²) in [5.74, 6) is -2.10. The number of hydrogen-bond acceptors (Lipinski definition) is 3. The summed E-state index contributed by atoms with van der Waals surface area (Å²) in [5.41, 5.74) is 0.278. The Balaban J connectivity index is 2.54. The van der Waals surface area contributed by atoms with Gasteiger partial charge in [-0.3, -0.25) is 9.69 Å². The predicted molar refractivity (Wildman–Crippen MR) is 72.1 cm³/mol. The van der Waals surface area contributed by atoms with Crippen LogP contribution in [-0.2, 0) is 4.79 Å². The lowest BCUT2D eigenvalue weighted by Crippen LogP contribution is -2.39. The second-order valence-corrected chi connectivity index (χ2v) is 5.11. The number of halogens is 2. The van der Waals surface area contributed by atoms with Crippen LogP contribution in [0.5, 0.6) is 0 Å². The molecule has 0 radical (unpaired) electrons. The molecule has 0 fully saturated rings. The number of rotatable bonds is 6. The first kappa shape index (κ1) is 16.5. The van der Waals surface area contributed by atoms with Gasteiger partial charge in [-0.25, -0.2) is 8.78 Å². The molecule has 0 aliphatic rings. The van der Waals surface area contributed by atoms with Crippen LogP contribution in [0.2, 0.25) is 0 Å². The molecule has 1 rings (SSSR count). The van der Waals surface area contributed by atoms with Crippen molar-refractivity contribution in [1.82, 2.24) is 10.2 Å². The third-order valence-corrected chi connectivity index (χ3v) is 2.68. The zero-order valence-electron chi connectivity index (χ0n) is 11.9. The number of benzene rings is 1. The van der Waals surface area contributed by atoms with Crippen LogP contribution in [0.25, 0.3) is 0 Å². The van der Waals surface area contributed by atoms with E-state index in [0.717, 1.165) is 12.1 Å². The topological polar surface area (TPSA) is 52.6 Å². The van der Waals surface area contributed by atoms with E-state index in [2.05, 4.69) is 5.32 Å². The van der Waals surface area contributed by atoms with Crippen LogP contribution in [0, 0.1) is 11.6 Å². The molecule has 0 aromatic heterocycles. The Morgan fingerprint density at radius 2 is 2.00 bits per heavy atom. The van der Waals surface area contributed by atoms with E-state index in [-0.39, 0.29) is 30.6 Å². The van der Waals surface area contributed by atoms with Crippen LogP contribution in [-0.4, -0.2) is 42.1 Å². The third kappa shape index (κ3) is 5.22. The summed E-state index contributed by atoms with van der Waals surface area (Å²) in [6.07, 6.45) is -0.984. The number of carbonyl (C=O) groups excluding carboxylic acids is 1. The average molecular weight is 286 g/mol. The van der Waals surface area contributed by atoms with Gasteiger partial charge in [0.1, 0.15) is 0 Å². The highest BCUT2D eigenvalue weighted by Crippen LogP contribution is 2.16. The van der Waals surface area contributed by atoms with Crippen LogP contribution in [0.4, 0.5) is 8.78 Å².